The number of carbonyl (C=O) groups excluding carboxylic acids is 2. The molecule has 0 bridgehead atoms. The van der Waals surface area contributed by atoms with Crippen LogP contribution >= 0.6 is 0 Å². The van der Waals surface area contributed by atoms with Gasteiger partial charge in [-0.25, -0.2) is 4.79 Å². The standard InChI is InChI=1S/C17H22O3/c1-20-17(19)16-11-14(9-10-15(16)12-18)13-7-5-3-2-4-6-8-13/h9-13H,2-8H2,1H3. The van der Waals surface area contributed by atoms with Crippen LogP contribution in [0.4, 0.5) is 0 Å². The largest absolute Gasteiger partial charge is 0.465 e. The molecule has 3 heteroatoms. The van der Waals surface area contributed by atoms with Crippen molar-refractivity contribution in [3.05, 3.63) is 34.9 Å². The van der Waals surface area contributed by atoms with Crippen molar-refractivity contribution in [1.82, 2.24) is 0 Å². The Bertz CT molecular complexity index is 471. The van der Waals surface area contributed by atoms with Crippen LogP contribution in [0.3, 0.4) is 0 Å². The summed E-state index contributed by atoms with van der Waals surface area (Å²) < 4.78 is 4.77. The molecule has 3 nitrogen and oxygen atoms in total. The molecular weight excluding hydrogens is 252 g/mol. The summed E-state index contributed by atoms with van der Waals surface area (Å²) in [5.74, 6) is 0.0687. The number of ether oxygens (including phenoxy) is 1. The van der Waals surface area contributed by atoms with Crippen LogP contribution in [0.5, 0.6) is 0 Å². The third kappa shape index (κ3) is 3.47. The number of hydrogen-bond donors (Lipinski definition) is 0. The molecule has 0 aliphatic heterocycles. The molecule has 0 heterocycles. The average Bonchev–Trinajstić information content (AvgIpc) is 2.45. The van der Waals surface area contributed by atoms with Gasteiger partial charge in [0.05, 0.1) is 12.7 Å². The monoisotopic (exact) mass is 274 g/mol. The summed E-state index contributed by atoms with van der Waals surface area (Å²) in [4.78, 5) is 22.8. The third-order valence-electron chi connectivity index (χ3n) is 4.19. The van der Waals surface area contributed by atoms with Gasteiger partial charge in [-0.15, -0.1) is 0 Å². The molecule has 108 valence electrons. The van der Waals surface area contributed by atoms with E-state index in [-0.39, 0.29) is 0 Å². The minimum Gasteiger partial charge on any atom is -0.465 e. The second kappa shape index (κ2) is 7.22. The van der Waals surface area contributed by atoms with Crippen molar-refractivity contribution in [2.24, 2.45) is 0 Å². The molecule has 1 aliphatic carbocycles. The second-order valence-electron chi connectivity index (χ2n) is 5.50. The molecule has 0 saturated heterocycles. The number of aldehydes is 1. The van der Waals surface area contributed by atoms with Crippen molar-refractivity contribution >= 4 is 12.3 Å². The van der Waals surface area contributed by atoms with E-state index in [1.54, 1.807) is 6.07 Å². The molecular formula is C17H22O3. The van der Waals surface area contributed by atoms with E-state index in [1.807, 2.05) is 12.1 Å². The number of rotatable bonds is 3. The van der Waals surface area contributed by atoms with Gasteiger partial charge in [-0.1, -0.05) is 44.2 Å². The SMILES string of the molecule is COC(=O)c1cc(C2CCCCCCC2)ccc1C=O. The molecule has 0 atom stereocenters. The molecule has 1 aromatic rings. The molecule has 1 aliphatic rings. The molecule has 2 rings (SSSR count). The van der Waals surface area contributed by atoms with Gasteiger partial charge in [0.1, 0.15) is 0 Å². The number of hydrogen-bond acceptors (Lipinski definition) is 3. The first-order chi connectivity index (χ1) is 9.76. The Morgan fingerprint density at radius 1 is 1.15 bits per heavy atom. The summed E-state index contributed by atoms with van der Waals surface area (Å²) in [5.41, 5.74) is 1.96. The lowest BCUT2D eigenvalue weighted by molar-refractivity contribution is 0.0598. The van der Waals surface area contributed by atoms with Crippen LogP contribution in [-0.2, 0) is 4.74 Å². The summed E-state index contributed by atoms with van der Waals surface area (Å²) in [6, 6.07) is 5.58. The van der Waals surface area contributed by atoms with Gasteiger partial charge in [0.25, 0.3) is 0 Å². The van der Waals surface area contributed by atoms with Gasteiger partial charge in [0.2, 0.25) is 0 Å². The van der Waals surface area contributed by atoms with Crippen LogP contribution in [0.25, 0.3) is 0 Å². The van der Waals surface area contributed by atoms with Crippen LogP contribution in [0.2, 0.25) is 0 Å². The molecule has 0 radical (unpaired) electrons. The first kappa shape index (κ1) is 14.8. The highest BCUT2D eigenvalue weighted by Gasteiger charge is 2.18. The highest BCUT2D eigenvalue weighted by Crippen LogP contribution is 2.31. The summed E-state index contributed by atoms with van der Waals surface area (Å²) >= 11 is 0. The van der Waals surface area contributed by atoms with Gasteiger partial charge in [0.15, 0.2) is 6.29 Å². The first-order valence-electron chi connectivity index (χ1n) is 7.43. The van der Waals surface area contributed by atoms with E-state index >= 15 is 0 Å². The minimum absolute atomic E-state index is 0.391. The zero-order chi connectivity index (χ0) is 14.4. The predicted octanol–water partition coefficient (Wildman–Crippen LogP) is 4.11. The smallest absolute Gasteiger partial charge is 0.338 e. The lowest BCUT2D eigenvalue weighted by Crippen LogP contribution is -2.09. The molecule has 20 heavy (non-hydrogen) atoms. The van der Waals surface area contributed by atoms with Crippen LogP contribution in [-0.4, -0.2) is 19.4 Å². The summed E-state index contributed by atoms with van der Waals surface area (Å²) in [5, 5.41) is 0. The van der Waals surface area contributed by atoms with Gasteiger partial charge < -0.3 is 4.74 Å². The van der Waals surface area contributed by atoms with Crippen molar-refractivity contribution in [3.8, 4) is 0 Å². The van der Waals surface area contributed by atoms with Gasteiger partial charge in [-0.3, -0.25) is 4.79 Å². The van der Waals surface area contributed by atoms with E-state index in [2.05, 4.69) is 0 Å². The molecule has 1 fully saturated rings. The van der Waals surface area contributed by atoms with E-state index in [0.717, 1.165) is 5.56 Å². The first-order valence-corrected chi connectivity index (χ1v) is 7.43. The van der Waals surface area contributed by atoms with Gasteiger partial charge in [-0.05, 0) is 30.4 Å². The molecule has 0 unspecified atom stereocenters. The van der Waals surface area contributed by atoms with Crippen LogP contribution in [0.1, 0.15) is 77.1 Å². The van der Waals surface area contributed by atoms with Crippen molar-refractivity contribution in [2.45, 2.75) is 50.9 Å². The van der Waals surface area contributed by atoms with Crippen LogP contribution < -0.4 is 0 Å². The van der Waals surface area contributed by atoms with Gasteiger partial charge >= 0.3 is 5.97 Å². The minimum atomic E-state index is -0.431. The normalized spacial score (nSPS) is 17.1. The van der Waals surface area contributed by atoms with E-state index in [1.165, 1.54) is 52.1 Å². The Hall–Kier alpha value is -1.64. The van der Waals surface area contributed by atoms with E-state index < -0.39 is 5.97 Å². The van der Waals surface area contributed by atoms with Crippen molar-refractivity contribution < 1.29 is 14.3 Å². The maximum Gasteiger partial charge on any atom is 0.338 e. The fourth-order valence-corrected chi connectivity index (χ4v) is 3.01. The van der Waals surface area contributed by atoms with E-state index in [4.69, 9.17) is 4.74 Å². The maximum atomic E-state index is 11.8. The Labute approximate surface area is 120 Å². The van der Waals surface area contributed by atoms with Crippen molar-refractivity contribution in [1.29, 1.82) is 0 Å². The number of esters is 1. The third-order valence-corrected chi connectivity index (χ3v) is 4.19. The van der Waals surface area contributed by atoms with E-state index in [9.17, 15) is 9.59 Å². The molecule has 0 amide bonds. The highest BCUT2D eigenvalue weighted by atomic mass is 16.5. The topological polar surface area (TPSA) is 43.4 Å². The second-order valence-corrected chi connectivity index (χ2v) is 5.50. The van der Waals surface area contributed by atoms with Gasteiger partial charge in [0, 0.05) is 5.56 Å². The summed E-state index contributed by atoms with van der Waals surface area (Å²) in [6.07, 6.45) is 9.47. The van der Waals surface area contributed by atoms with Crippen molar-refractivity contribution in [2.75, 3.05) is 7.11 Å². The predicted molar refractivity (Wildman–Crippen MR) is 78.2 cm³/mol. The lowest BCUT2D eigenvalue weighted by atomic mass is 9.85. The Morgan fingerprint density at radius 2 is 1.80 bits per heavy atom. The van der Waals surface area contributed by atoms with Gasteiger partial charge in [-0.2, -0.15) is 0 Å². The highest BCUT2D eigenvalue weighted by molar-refractivity contribution is 5.98. The quantitative estimate of drug-likeness (QED) is 0.615. The zero-order valence-corrected chi connectivity index (χ0v) is 12.1. The number of benzene rings is 1. The fraction of sp³-hybridized carbons (Fsp3) is 0.529. The Balaban J connectivity index is 2.26. The van der Waals surface area contributed by atoms with E-state index in [0.29, 0.717) is 23.3 Å². The molecule has 0 aromatic heterocycles. The zero-order valence-electron chi connectivity index (χ0n) is 12.1. The molecule has 1 aromatic carbocycles. The van der Waals surface area contributed by atoms with Crippen molar-refractivity contribution in [3.63, 3.8) is 0 Å². The Kier molecular flexibility index (Phi) is 5.33. The molecule has 0 spiro atoms. The van der Waals surface area contributed by atoms with Crippen LogP contribution in [0, 0.1) is 0 Å². The Morgan fingerprint density at radius 3 is 2.40 bits per heavy atom. The molecule has 0 N–H and O–H groups in total. The lowest BCUT2D eigenvalue weighted by Gasteiger charge is -2.20. The summed E-state index contributed by atoms with van der Waals surface area (Å²) in [7, 11) is 1.35. The van der Waals surface area contributed by atoms with Crippen LogP contribution in [0.15, 0.2) is 18.2 Å². The number of methoxy groups -OCH3 is 1. The summed E-state index contributed by atoms with van der Waals surface area (Å²) in [6.45, 7) is 0. The average molecular weight is 274 g/mol. The number of carbonyl (C=O) groups is 2. The molecule has 1 saturated carbocycles. The fourth-order valence-electron chi connectivity index (χ4n) is 3.01. The maximum absolute atomic E-state index is 11.8.